The van der Waals surface area contributed by atoms with E-state index in [1.807, 2.05) is 0 Å². The second kappa shape index (κ2) is 4.91. The van der Waals surface area contributed by atoms with Gasteiger partial charge in [-0.2, -0.15) is 0 Å². The Morgan fingerprint density at radius 3 is 2.69 bits per heavy atom. The summed E-state index contributed by atoms with van der Waals surface area (Å²) in [4.78, 5) is 14.4. The molecule has 2 atom stereocenters. The standard InChI is InChI=1S/C10H15N3O3/c1-5-2-6(4-13-10(5)12)9(16)7(14)3-8(11)15/h2,4,7,9,14,16H,3H2,1H3,(H2,11,15)(H2,12,13). The van der Waals surface area contributed by atoms with Gasteiger partial charge < -0.3 is 21.7 Å². The maximum absolute atomic E-state index is 10.6. The number of primary amides is 1. The Balaban J connectivity index is 2.83. The summed E-state index contributed by atoms with van der Waals surface area (Å²) in [5, 5.41) is 19.2. The molecular formula is C10H15N3O3. The van der Waals surface area contributed by atoms with Crippen molar-refractivity contribution >= 4 is 11.7 Å². The van der Waals surface area contributed by atoms with E-state index >= 15 is 0 Å². The zero-order chi connectivity index (χ0) is 12.3. The molecule has 0 bridgehead atoms. The number of aryl methyl sites for hydroxylation is 1. The summed E-state index contributed by atoms with van der Waals surface area (Å²) < 4.78 is 0. The van der Waals surface area contributed by atoms with Gasteiger partial charge in [-0.15, -0.1) is 0 Å². The van der Waals surface area contributed by atoms with Gasteiger partial charge in [0.15, 0.2) is 0 Å². The molecule has 88 valence electrons. The number of carbonyl (C=O) groups is 1. The molecule has 6 nitrogen and oxygen atoms in total. The number of anilines is 1. The second-order valence-corrected chi connectivity index (χ2v) is 3.65. The third kappa shape index (κ3) is 2.91. The van der Waals surface area contributed by atoms with Gasteiger partial charge >= 0.3 is 0 Å². The lowest BCUT2D eigenvalue weighted by atomic mass is 10.0. The lowest BCUT2D eigenvalue weighted by Crippen LogP contribution is -2.25. The number of nitrogens with zero attached hydrogens (tertiary/aromatic N) is 1. The molecule has 1 aromatic rings. The predicted molar refractivity (Wildman–Crippen MR) is 58.2 cm³/mol. The number of nitrogen functional groups attached to an aromatic ring is 1. The van der Waals surface area contributed by atoms with Crippen LogP contribution in [0.4, 0.5) is 5.82 Å². The van der Waals surface area contributed by atoms with Crippen LogP contribution in [0.15, 0.2) is 12.3 Å². The van der Waals surface area contributed by atoms with E-state index < -0.39 is 18.1 Å². The molecule has 1 aromatic heterocycles. The summed E-state index contributed by atoms with van der Waals surface area (Å²) >= 11 is 0. The van der Waals surface area contributed by atoms with E-state index in [4.69, 9.17) is 11.5 Å². The highest BCUT2D eigenvalue weighted by atomic mass is 16.3. The maximum Gasteiger partial charge on any atom is 0.220 e. The van der Waals surface area contributed by atoms with Crippen LogP contribution < -0.4 is 11.5 Å². The SMILES string of the molecule is Cc1cc(C(O)C(O)CC(N)=O)cnc1N. The quantitative estimate of drug-likeness (QED) is 0.536. The summed E-state index contributed by atoms with van der Waals surface area (Å²) in [5.41, 5.74) is 11.5. The van der Waals surface area contributed by atoms with Gasteiger partial charge in [0.05, 0.1) is 12.5 Å². The summed E-state index contributed by atoms with van der Waals surface area (Å²) in [7, 11) is 0. The molecule has 0 aromatic carbocycles. The second-order valence-electron chi connectivity index (χ2n) is 3.65. The lowest BCUT2D eigenvalue weighted by Gasteiger charge is -2.17. The lowest BCUT2D eigenvalue weighted by molar-refractivity contribution is -0.121. The van der Waals surface area contributed by atoms with Crippen molar-refractivity contribution in [2.75, 3.05) is 5.73 Å². The van der Waals surface area contributed by atoms with Crippen LogP contribution in [0, 0.1) is 6.92 Å². The zero-order valence-corrected chi connectivity index (χ0v) is 8.92. The highest BCUT2D eigenvalue weighted by Gasteiger charge is 2.20. The van der Waals surface area contributed by atoms with Crippen LogP contribution in [-0.4, -0.2) is 27.2 Å². The van der Waals surface area contributed by atoms with Crippen LogP contribution in [-0.2, 0) is 4.79 Å². The molecule has 0 fully saturated rings. The Bertz CT molecular complexity index is 395. The van der Waals surface area contributed by atoms with Crippen molar-refractivity contribution in [3.05, 3.63) is 23.4 Å². The molecule has 1 heterocycles. The van der Waals surface area contributed by atoms with Crippen molar-refractivity contribution in [2.24, 2.45) is 5.73 Å². The van der Waals surface area contributed by atoms with Crippen molar-refractivity contribution < 1.29 is 15.0 Å². The number of carbonyl (C=O) groups excluding carboxylic acids is 1. The molecule has 0 saturated heterocycles. The van der Waals surface area contributed by atoms with E-state index in [0.29, 0.717) is 16.9 Å². The Hall–Kier alpha value is -1.66. The first-order valence-electron chi connectivity index (χ1n) is 4.78. The summed E-state index contributed by atoms with van der Waals surface area (Å²) in [6.07, 6.45) is -1.37. The Labute approximate surface area is 92.9 Å². The number of hydrogen-bond donors (Lipinski definition) is 4. The fourth-order valence-electron chi connectivity index (χ4n) is 1.31. The van der Waals surface area contributed by atoms with Crippen molar-refractivity contribution in [1.82, 2.24) is 4.98 Å². The van der Waals surface area contributed by atoms with Gasteiger partial charge in [-0.1, -0.05) is 0 Å². The average Bonchev–Trinajstić information content (AvgIpc) is 2.20. The molecule has 6 heteroatoms. The maximum atomic E-state index is 10.6. The van der Waals surface area contributed by atoms with Crippen LogP contribution in [0.2, 0.25) is 0 Å². The molecule has 2 unspecified atom stereocenters. The number of nitrogens with two attached hydrogens (primary N) is 2. The Morgan fingerprint density at radius 2 is 2.19 bits per heavy atom. The molecule has 0 aliphatic heterocycles. The van der Waals surface area contributed by atoms with Crippen LogP contribution >= 0.6 is 0 Å². The predicted octanol–water partition coefficient (Wildman–Crippen LogP) is -0.758. The highest BCUT2D eigenvalue weighted by molar-refractivity contribution is 5.74. The van der Waals surface area contributed by atoms with Gasteiger partial charge in [0.1, 0.15) is 11.9 Å². The van der Waals surface area contributed by atoms with Crippen molar-refractivity contribution in [3.8, 4) is 0 Å². The van der Waals surface area contributed by atoms with Crippen LogP contribution in [0.1, 0.15) is 23.7 Å². The van der Waals surface area contributed by atoms with Gasteiger partial charge in [0.2, 0.25) is 5.91 Å². The van der Waals surface area contributed by atoms with Gasteiger partial charge in [0.25, 0.3) is 0 Å². The fraction of sp³-hybridized carbons (Fsp3) is 0.400. The van der Waals surface area contributed by atoms with Crippen LogP contribution in [0.25, 0.3) is 0 Å². The number of pyridine rings is 1. The molecule has 0 saturated carbocycles. The smallest absolute Gasteiger partial charge is 0.220 e. The third-order valence-electron chi connectivity index (χ3n) is 2.26. The number of aliphatic hydroxyl groups is 2. The minimum absolute atomic E-state index is 0.301. The fourth-order valence-corrected chi connectivity index (χ4v) is 1.31. The number of amides is 1. The van der Waals surface area contributed by atoms with Gasteiger partial charge in [-0.05, 0) is 18.6 Å². The molecule has 0 spiro atoms. The average molecular weight is 225 g/mol. The molecule has 0 radical (unpaired) electrons. The van der Waals surface area contributed by atoms with Crippen LogP contribution in [0.3, 0.4) is 0 Å². The topological polar surface area (TPSA) is 122 Å². The van der Waals surface area contributed by atoms with Gasteiger partial charge in [-0.25, -0.2) is 4.98 Å². The van der Waals surface area contributed by atoms with Gasteiger partial charge in [-0.3, -0.25) is 4.79 Å². The van der Waals surface area contributed by atoms with E-state index in [0.717, 1.165) is 0 Å². The van der Waals surface area contributed by atoms with Crippen molar-refractivity contribution in [2.45, 2.75) is 25.6 Å². The third-order valence-corrected chi connectivity index (χ3v) is 2.26. The Morgan fingerprint density at radius 1 is 1.56 bits per heavy atom. The first kappa shape index (κ1) is 12.4. The molecule has 0 aliphatic carbocycles. The number of rotatable bonds is 4. The molecule has 16 heavy (non-hydrogen) atoms. The molecular weight excluding hydrogens is 210 g/mol. The molecule has 6 N–H and O–H groups in total. The first-order valence-corrected chi connectivity index (χ1v) is 4.78. The van der Waals surface area contributed by atoms with Gasteiger partial charge in [0, 0.05) is 11.8 Å². The molecule has 0 aliphatic rings. The summed E-state index contributed by atoms with van der Waals surface area (Å²) in [6.45, 7) is 1.74. The van der Waals surface area contributed by atoms with Crippen molar-refractivity contribution in [1.29, 1.82) is 0 Å². The van der Waals surface area contributed by atoms with E-state index in [-0.39, 0.29) is 6.42 Å². The number of hydrogen-bond acceptors (Lipinski definition) is 5. The van der Waals surface area contributed by atoms with Crippen LogP contribution in [0.5, 0.6) is 0 Å². The normalized spacial score (nSPS) is 14.4. The van der Waals surface area contributed by atoms with E-state index in [1.165, 1.54) is 6.20 Å². The largest absolute Gasteiger partial charge is 0.390 e. The van der Waals surface area contributed by atoms with E-state index in [2.05, 4.69) is 4.98 Å². The molecule has 1 rings (SSSR count). The number of aromatic nitrogens is 1. The minimum atomic E-state index is -1.23. The molecule has 1 amide bonds. The summed E-state index contributed by atoms with van der Waals surface area (Å²) in [6, 6.07) is 1.61. The van der Waals surface area contributed by atoms with E-state index in [9.17, 15) is 15.0 Å². The van der Waals surface area contributed by atoms with E-state index in [1.54, 1.807) is 13.0 Å². The van der Waals surface area contributed by atoms with Crippen molar-refractivity contribution in [3.63, 3.8) is 0 Å². The first-order chi connectivity index (χ1) is 7.41. The highest BCUT2D eigenvalue weighted by Crippen LogP contribution is 2.20. The minimum Gasteiger partial charge on any atom is -0.390 e. The summed E-state index contributed by atoms with van der Waals surface area (Å²) in [5.74, 6) is -0.313. The Kier molecular flexibility index (Phi) is 3.81. The number of aliphatic hydroxyl groups excluding tert-OH is 2. The monoisotopic (exact) mass is 225 g/mol. The zero-order valence-electron chi connectivity index (χ0n) is 8.92.